The van der Waals surface area contributed by atoms with E-state index in [1.165, 1.54) is 25.7 Å². The smallest absolute Gasteiger partial charge is 0.748 e. The fourth-order valence-corrected chi connectivity index (χ4v) is 3.79. The summed E-state index contributed by atoms with van der Waals surface area (Å²) < 4.78 is 34.0. The van der Waals surface area contributed by atoms with Crippen molar-refractivity contribution in [2.45, 2.75) is 115 Å². The van der Waals surface area contributed by atoms with Crippen LogP contribution in [0.4, 0.5) is 0 Å². The maximum atomic E-state index is 11.3. The molecule has 4 nitrogen and oxygen atoms in total. The first-order valence-corrected chi connectivity index (χ1v) is 11.0. The van der Waals surface area contributed by atoms with Gasteiger partial charge in [-0.15, -0.1) is 0 Å². The summed E-state index contributed by atoms with van der Waals surface area (Å²) in [5, 5.41) is 9.16. The second-order valence-electron chi connectivity index (χ2n) is 6.75. The zero-order chi connectivity index (χ0) is 17.6. The molecule has 0 spiro atoms. The summed E-state index contributed by atoms with van der Waals surface area (Å²) in [6.45, 7) is 4.28. The predicted molar refractivity (Wildman–Crippen MR) is 95.5 cm³/mol. The van der Waals surface area contributed by atoms with E-state index in [1.807, 2.05) is 0 Å². The van der Waals surface area contributed by atoms with Gasteiger partial charge < -0.3 is 9.66 Å². The van der Waals surface area contributed by atoms with Crippen LogP contribution in [0.1, 0.15) is 104 Å². The minimum Gasteiger partial charge on any atom is -0.748 e. The van der Waals surface area contributed by atoms with E-state index in [9.17, 15) is 18.1 Å². The van der Waals surface area contributed by atoms with E-state index in [2.05, 4.69) is 13.8 Å². The molecule has 0 heterocycles. The summed E-state index contributed by atoms with van der Waals surface area (Å²) in [4.78, 5) is 0. The molecule has 0 amide bonds. The number of unbranched alkanes of at least 4 members (excludes halogenated alkanes) is 8. The summed E-state index contributed by atoms with van der Waals surface area (Å²) in [6, 6.07) is 0. The molecule has 0 aliphatic rings. The minimum absolute atomic E-state index is 0. The first kappa shape index (κ1) is 27.1. The fraction of sp³-hybridized carbons (Fsp3) is 1.00. The Kier molecular flexibility index (Phi) is 19.5. The molecular weight excluding hydrogens is 335 g/mol. The number of hydrogen-bond acceptors (Lipinski definition) is 4. The van der Waals surface area contributed by atoms with Crippen LogP contribution in [0.3, 0.4) is 0 Å². The van der Waals surface area contributed by atoms with Gasteiger partial charge in [-0.05, 0) is 25.7 Å². The molecule has 0 radical (unpaired) electrons. The standard InChI is InChI=1S/C18H38O4S.Na/c1-3-5-7-9-10-11-13-17(19)15-16-18(23(20,21)22)14-12-8-6-4-2;/h17-19H,3-16H2,1-2H3,(H,20,21,22);/q;+1/p-1. The van der Waals surface area contributed by atoms with Crippen molar-refractivity contribution in [3.63, 3.8) is 0 Å². The molecule has 2 atom stereocenters. The minimum atomic E-state index is -4.24. The van der Waals surface area contributed by atoms with E-state index in [0.29, 0.717) is 25.7 Å². The van der Waals surface area contributed by atoms with Gasteiger partial charge >= 0.3 is 29.6 Å². The maximum Gasteiger partial charge on any atom is 1.00 e. The number of hydrogen-bond donors (Lipinski definition) is 1. The van der Waals surface area contributed by atoms with Crippen LogP contribution in [-0.4, -0.2) is 29.4 Å². The van der Waals surface area contributed by atoms with Crippen LogP contribution in [0.2, 0.25) is 0 Å². The van der Waals surface area contributed by atoms with Crippen molar-refractivity contribution in [3.05, 3.63) is 0 Å². The zero-order valence-corrected chi connectivity index (χ0v) is 19.0. The van der Waals surface area contributed by atoms with Crippen LogP contribution in [0.25, 0.3) is 0 Å². The Labute approximate surface area is 172 Å². The Hall–Kier alpha value is 0.870. The van der Waals surface area contributed by atoms with Crippen molar-refractivity contribution < 1.29 is 47.6 Å². The van der Waals surface area contributed by atoms with Gasteiger partial charge in [0.25, 0.3) is 0 Å². The SMILES string of the molecule is CCCCCCCCC(O)CCC(CCCCCC)S(=O)(=O)[O-].[Na+]. The van der Waals surface area contributed by atoms with Crippen molar-refractivity contribution in [2.75, 3.05) is 0 Å². The molecule has 0 fully saturated rings. The summed E-state index contributed by atoms with van der Waals surface area (Å²) in [5.74, 6) is 0. The van der Waals surface area contributed by atoms with Crippen LogP contribution in [0.15, 0.2) is 0 Å². The number of rotatable bonds is 16. The third-order valence-electron chi connectivity index (χ3n) is 4.50. The van der Waals surface area contributed by atoms with Crippen molar-refractivity contribution >= 4 is 10.1 Å². The molecule has 1 N–H and O–H groups in total. The topological polar surface area (TPSA) is 77.4 Å². The average Bonchev–Trinajstić information content (AvgIpc) is 2.48. The predicted octanol–water partition coefficient (Wildman–Crippen LogP) is 1.77. The first-order chi connectivity index (χ1) is 10.9. The molecule has 0 aromatic rings. The van der Waals surface area contributed by atoms with E-state index in [4.69, 9.17) is 0 Å². The molecular formula is C18H37NaO4S. The molecule has 24 heavy (non-hydrogen) atoms. The Morgan fingerprint density at radius 3 is 1.75 bits per heavy atom. The molecule has 2 unspecified atom stereocenters. The summed E-state index contributed by atoms with van der Waals surface area (Å²) in [6.07, 6.45) is 12.4. The first-order valence-electron chi connectivity index (χ1n) is 9.54. The molecule has 0 aliphatic heterocycles. The van der Waals surface area contributed by atoms with Gasteiger partial charge in [0.15, 0.2) is 0 Å². The van der Waals surface area contributed by atoms with Crippen LogP contribution in [0.5, 0.6) is 0 Å². The van der Waals surface area contributed by atoms with Gasteiger partial charge in [0.2, 0.25) is 0 Å². The van der Waals surface area contributed by atoms with Gasteiger partial charge in [-0.1, -0.05) is 78.1 Å². The fourth-order valence-electron chi connectivity index (χ4n) is 2.91. The van der Waals surface area contributed by atoms with Gasteiger partial charge in [0.05, 0.1) is 16.2 Å². The van der Waals surface area contributed by atoms with Gasteiger partial charge in [0, 0.05) is 5.25 Å². The molecule has 0 bridgehead atoms. The number of aliphatic hydroxyl groups excluding tert-OH is 1. The van der Waals surface area contributed by atoms with Gasteiger partial charge in [-0.2, -0.15) is 0 Å². The normalized spacial score (nSPS) is 14.2. The van der Waals surface area contributed by atoms with Crippen molar-refractivity contribution in [3.8, 4) is 0 Å². The van der Waals surface area contributed by atoms with E-state index >= 15 is 0 Å². The van der Waals surface area contributed by atoms with Gasteiger partial charge in [-0.3, -0.25) is 0 Å². The summed E-state index contributed by atoms with van der Waals surface area (Å²) in [5.41, 5.74) is 0. The second kappa shape index (κ2) is 17.3. The quantitative estimate of drug-likeness (QED) is 0.254. The van der Waals surface area contributed by atoms with Crippen LogP contribution >= 0.6 is 0 Å². The van der Waals surface area contributed by atoms with Crippen molar-refractivity contribution in [1.82, 2.24) is 0 Å². The summed E-state index contributed by atoms with van der Waals surface area (Å²) >= 11 is 0. The zero-order valence-electron chi connectivity index (χ0n) is 16.1. The van der Waals surface area contributed by atoms with Crippen LogP contribution in [-0.2, 0) is 10.1 Å². The average molecular weight is 373 g/mol. The van der Waals surface area contributed by atoms with Gasteiger partial charge in [-0.25, -0.2) is 8.42 Å². The third-order valence-corrected chi connectivity index (χ3v) is 5.79. The second-order valence-corrected chi connectivity index (χ2v) is 8.40. The Morgan fingerprint density at radius 1 is 0.750 bits per heavy atom. The van der Waals surface area contributed by atoms with Crippen LogP contribution < -0.4 is 29.6 Å². The molecule has 0 rings (SSSR count). The van der Waals surface area contributed by atoms with Crippen molar-refractivity contribution in [1.29, 1.82) is 0 Å². The molecule has 0 aromatic heterocycles. The summed E-state index contributed by atoms with van der Waals surface area (Å²) in [7, 11) is -4.24. The van der Waals surface area contributed by atoms with Gasteiger partial charge in [0.1, 0.15) is 0 Å². The molecule has 0 saturated carbocycles. The number of aliphatic hydroxyl groups is 1. The Morgan fingerprint density at radius 2 is 1.21 bits per heavy atom. The van der Waals surface area contributed by atoms with E-state index in [1.54, 1.807) is 0 Å². The van der Waals surface area contributed by atoms with E-state index in [-0.39, 0.29) is 29.6 Å². The van der Waals surface area contributed by atoms with E-state index in [0.717, 1.165) is 38.5 Å². The molecule has 6 heteroatoms. The molecule has 0 aromatic carbocycles. The Bertz CT molecular complexity index is 360. The molecule has 0 aliphatic carbocycles. The molecule has 140 valence electrons. The molecule has 0 saturated heterocycles. The Balaban J connectivity index is 0. The third kappa shape index (κ3) is 16.3. The van der Waals surface area contributed by atoms with E-state index < -0.39 is 21.5 Å². The largest absolute Gasteiger partial charge is 1.00 e. The maximum absolute atomic E-state index is 11.3. The van der Waals surface area contributed by atoms with Crippen molar-refractivity contribution in [2.24, 2.45) is 0 Å². The monoisotopic (exact) mass is 372 g/mol. The van der Waals surface area contributed by atoms with Crippen LogP contribution in [0, 0.1) is 0 Å².